The van der Waals surface area contributed by atoms with Crippen molar-refractivity contribution in [1.29, 1.82) is 0 Å². The second-order valence-electron chi connectivity index (χ2n) is 6.95. The lowest BCUT2D eigenvalue weighted by atomic mass is 10.0. The second kappa shape index (κ2) is 6.87. The van der Waals surface area contributed by atoms with Gasteiger partial charge in [-0.3, -0.25) is 4.79 Å². The summed E-state index contributed by atoms with van der Waals surface area (Å²) >= 11 is 0. The van der Waals surface area contributed by atoms with Gasteiger partial charge in [0.2, 0.25) is 5.91 Å². The molecule has 2 heterocycles. The van der Waals surface area contributed by atoms with Crippen LogP contribution in [0, 0.1) is 5.92 Å². The molecule has 2 N–H and O–H groups in total. The predicted molar refractivity (Wildman–Crippen MR) is 109 cm³/mol. The summed E-state index contributed by atoms with van der Waals surface area (Å²) in [5.41, 5.74) is 1.50. The fraction of sp³-hybridized carbons (Fsp3) is 0.250. The van der Waals surface area contributed by atoms with E-state index in [0.29, 0.717) is 11.6 Å². The molecule has 1 aliphatic carbocycles. The third-order valence-corrected chi connectivity index (χ3v) is 5.89. The molecule has 0 radical (unpaired) electrons. The van der Waals surface area contributed by atoms with E-state index in [9.17, 15) is 13.2 Å². The normalized spacial score (nSPS) is 14.1. The van der Waals surface area contributed by atoms with Crippen molar-refractivity contribution in [3.05, 3.63) is 42.7 Å². The van der Waals surface area contributed by atoms with E-state index in [1.165, 1.54) is 6.26 Å². The van der Waals surface area contributed by atoms with Crippen molar-refractivity contribution in [3.8, 4) is 11.1 Å². The molecule has 0 aliphatic heterocycles. The third kappa shape index (κ3) is 3.55. The standard InChI is InChI=1S/C20H20N4O3S/c1-21-19-17-11-22-18(24-20(25)12-6-7-12)9-15(17)16(10-23-19)13-4-3-5-14(8-13)28(2,26)27/h3-5,8-12H,6-7H2,1-2H3,(H,21,23)(H,22,24,25). The van der Waals surface area contributed by atoms with Crippen LogP contribution in [0.1, 0.15) is 12.8 Å². The second-order valence-corrected chi connectivity index (χ2v) is 8.96. The van der Waals surface area contributed by atoms with Gasteiger partial charge in [-0.15, -0.1) is 0 Å². The van der Waals surface area contributed by atoms with Crippen molar-refractivity contribution < 1.29 is 13.2 Å². The van der Waals surface area contributed by atoms with Crippen molar-refractivity contribution in [1.82, 2.24) is 9.97 Å². The number of hydrogen-bond acceptors (Lipinski definition) is 6. The minimum atomic E-state index is -3.33. The fourth-order valence-corrected chi connectivity index (χ4v) is 3.77. The molecule has 3 aromatic rings. The summed E-state index contributed by atoms with van der Waals surface area (Å²) in [7, 11) is -1.56. The Bertz CT molecular complexity index is 1190. The summed E-state index contributed by atoms with van der Waals surface area (Å²) in [6.45, 7) is 0. The van der Waals surface area contributed by atoms with Crippen molar-refractivity contribution in [2.24, 2.45) is 5.92 Å². The van der Waals surface area contributed by atoms with E-state index in [2.05, 4.69) is 20.6 Å². The molecule has 1 aromatic carbocycles. The number of anilines is 2. The van der Waals surface area contributed by atoms with E-state index in [1.807, 2.05) is 6.07 Å². The van der Waals surface area contributed by atoms with Gasteiger partial charge in [0.1, 0.15) is 11.6 Å². The fourth-order valence-electron chi connectivity index (χ4n) is 3.10. The Hall–Kier alpha value is -3.00. The lowest BCUT2D eigenvalue weighted by Gasteiger charge is -2.12. The summed E-state index contributed by atoms with van der Waals surface area (Å²) in [5.74, 6) is 1.19. The van der Waals surface area contributed by atoms with Gasteiger partial charge in [-0.2, -0.15) is 0 Å². The molecule has 7 nitrogen and oxygen atoms in total. The van der Waals surface area contributed by atoms with Crippen LogP contribution in [0.4, 0.5) is 11.6 Å². The van der Waals surface area contributed by atoms with Crippen molar-refractivity contribution in [2.45, 2.75) is 17.7 Å². The Morgan fingerprint density at radius 3 is 2.57 bits per heavy atom. The van der Waals surface area contributed by atoms with Crippen LogP contribution >= 0.6 is 0 Å². The van der Waals surface area contributed by atoms with Crippen LogP contribution < -0.4 is 10.6 Å². The summed E-state index contributed by atoms with van der Waals surface area (Å²) in [6.07, 6.45) is 6.37. The number of nitrogens with one attached hydrogen (secondary N) is 2. The van der Waals surface area contributed by atoms with Crippen LogP contribution in [0.5, 0.6) is 0 Å². The first-order valence-electron chi connectivity index (χ1n) is 8.94. The number of rotatable bonds is 5. The van der Waals surface area contributed by atoms with Crippen molar-refractivity contribution in [2.75, 3.05) is 23.9 Å². The van der Waals surface area contributed by atoms with E-state index in [4.69, 9.17) is 0 Å². The third-order valence-electron chi connectivity index (χ3n) is 4.78. The van der Waals surface area contributed by atoms with Gasteiger partial charge in [0, 0.05) is 42.6 Å². The van der Waals surface area contributed by atoms with Crippen LogP contribution in [-0.2, 0) is 14.6 Å². The molecule has 4 rings (SSSR count). The quantitative estimate of drug-likeness (QED) is 0.687. The Morgan fingerprint density at radius 2 is 1.89 bits per heavy atom. The maximum absolute atomic E-state index is 12.1. The Morgan fingerprint density at radius 1 is 1.11 bits per heavy atom. The first kappa shape index (κ1) is 18.4. The summed E-state index contributed by atoms with van der Waals surface area (Å²) in [6, 6.07) is 8.56. The highest BCUT2D eigenvalue weighted by atomic mass is 32.2. The highest BCUT2D eigenvalue weighted by Gasteiger charge is 2.29. The number of benzene rings is 1. The molecule has 8 heteroatoms. The zero-order valence-electron chi connectivity index (χ0n) is 15.6. The molecule has 0 unspecified atom stereocenters. The number of amides is 1. The minimum absolute atomic E-state index is 0.0182. The Kier molecular flexibility index (Phi) is 4.50. The monoisotopic (exact) mass is 396 g/mol. The molecule has 144 valence electrons. The topological polar surface area (TPSA) is 101 Å². The average molecular weight is 396 g/mol. The van der Waals surface area contributed by atoms with Gasteiger partial charge in [0.05, 0.1) is 4.90 Å². The first-order valence-corrected chi connectivity index (χ1v) is 10.8. The van der Waals surface area contributed by atoms with Crippen LogP contribution in [0.2, 0.25) is 0 Å². The molecule has 1 fully saturated rings. The maximum Gasteiger partial charge on any atom is 0.228 e. The van der Waals surface area contributed by atoms with Crippen LogP contribution in [0.3, 0.4) is 0 Å². The highest BCUT2D eigenvalue weighted by Crippen LogP contribution is 2.34. The number of aromatic nitrogens is 2. The molecule has 0 bridgehead atoms. The van der Waals surface area contributed by atoms with Crippen LogP contribution in [0.25, 0.3) is 21.9 Å². The number of carbonyl (C=O) groups is 1. The molecule has 0 atom stereocenters. The van der Waals surface area contributed by atoms with E-state index in [-0.39, 0.29) is 16.7 Å². The maximum atomic E-state index is 12.1. The van der Waals surface area contributed by atoms with Gasteiger partial charge in [-0.1, -0.05) is 12.1 Å². The molecule has 28 heavy (non-hydrogen) atoms. The lowest BCUT2D eigenvalue weighted by molar-refractivity contribution is -0.117. The molecular weight excluding hydrogens is 376 g/mol. The van der Waals surface area contributed by atoms with Gasteiger partial charge in [0.15, 0.2) is 9.84 Å². The average Bonchev–Trinajstić information content (AvgIpc) is 3.52. The molecule has 1 aliphatic rings. The van der Waals surface area contributed by atoms with Crippen molar-refractivity contribution >= 4 is 38.2 Å². The van der Waals surface area contributed by atoms with Crippen LogP contribution in [-0.4, -0.2) is 37.6 Å². The zero-order valence-corrected chi connectivity index (χ0v) is 16.4. The number of fused-ring (bicyclic) bond motifs is 1. The Labute approximate surface area is 163 Å². The number of carbonyl (C=O) groups excluding carboxylic acids is 1. The van der Waals surface area contributed by atoms with Gasteiger partial charge in [-0.05, 0) is 42.0 Å². The largest absolute Gasteiger partial charge is 0.373 e. The van der Waals surface area contributed by atoms with Gasteiger partial charge in [0.25, 0.3) is 0 Å². The van der Waals surface area contributed by atoms with Crippen molar-refractivity contribution in [3.63, 3.8) is 0 Å². The smallest absolute Gasteiger partial charge is 0.228 e. The number of sulfone groups is 1. The molecule has 1 saturated carbocycles. The van der Waals surface area contributed by atoms with Gasteiger partial charge >= 0.3 is 0 Å². The number of pyridine rings is 2. The summed E-state index contributed by atoms with van der Waals surface area (Å²) in [4.78, 5) is 21.1. The first-order chi connectivity index (χ1) is 13.4. The van der Waals surface area contributed by atoms with Gasteiger partial charge < -0.3 is 10.6 Å². The number of hydrogen-bond donors (Lipinski definition) is 2. The molecular formula is C20H20N4O3S. The number of nitrogens with zero attached hydrogens (tertiary/aromatic N) is 2. The predicted octanol–water partition coefficient (Wildman–Crippen LogP) is 3.09. The molecule has 0 saturated heterocycles. The van der Waals surface area contributed by atoms with E-state index in [1.54, 1.807) is 43.7 Å². The molecule has 2 aromatic heterocycles. The van der Waals surface area contributed by atoms with Gasteiger partial charge in [-0.25, -0.2) is 18.4 Å². The molecule has 1 amide bonds. The SMILES string of the molecule is CNc1ncc(-c2cccc(S(C)(=O)=O)c2)c2cc(NC(=O)C3CC3)ncc12. The minimum Gasteiger partial charge on any atom is -0.373 e. The lowest BCUT2D eigenvalue weighted by Crippen LogP contribution is -2.14. The Balaban J connectivity index is 1.86. The van der Waals surface area contributed by atoms with E-state index < -0.39 is 9.84 Å². The zero-order chi connectivity index (χ0) is 19.9. The van der Waals surface area contributed by atoms with E-state index >= 15 is 0 Å². The summed E-state index contributed by atoms with van der Waals surface area (Å²) < 4.78 is 23.9. The van der Waals surface area contributed by atoms with Crippen LogP contribution in [0.15, 0.2) is 47.6 Å². The van der Waals surface area contributed by atoms with E-state index in [0.717, 1.165) is 34.7 Å². The summed E-state index contributed by atoms with van der Waals surface area (Å²) in [5, 5.41) is 7.51. The highest BCUT2D eigenvalue weighted by molar-refractivity contribution is 7.90. The molecule has 0 spiro atoms.